The molecule has 2 heterocycles. The molecular formula is C19H24N4O2. The summed E-state index contributed by atoms with van der Waals surface area (Å²) in [4.78, 5) is 26.7. The molecule has 0 radical (unpaired) electrons. The summed E-state index contributed by atoms with van der Waals surface area (Å²) >= 11 is 0. The van der Waals surface area contributed by atoms with Gasteiger partial charge in [0.15, 0.2) is 0 Å². The Morgan fingerprint density at radius 2 is 2.00 bits per heavy atom. The van der Waals surface area contributed by atoms with Crippen LogP contribution in [0, 0.1) is 13.8 Å². The quantitative estimate of drug-likeness (QED) is 0.907. The normalized spacial score (nSPS) is 17.6. The van der Waals surface area contributed by atoms with Gasteiger partial charge in [-0.1, -0.05) is 17.7 Å². The molecule has 6 heteroatoms. The number of nitrogens with one attached hydrogen (secondary N) is 1. The summed E-state index contributed by atoms with van der Waals surface area (Å²) in [6.45, 7) is 5.19. The molecule has 132 valence electrons. The Morgan fingerprint density at radius 1 is 1.24 bits per heavy atom. The lowest BCUT2D eigenvalue weighted by Gasteiger charge is -2.32. The van der Waals surface area contributed by atoms with Gasteiger partial charge in [0.25, 0.3) is 0 Å². The molecule has 0 aliphatic carbocycles. The Kier molecular flexibility index (Phi) is 5.16. The Labute approximate surface area is 147 Å². The van der Waals surface area contributed by atoms with Gasteiger partial charge in [-0.3, -0.25) is 14.3 Å². The highest BCUT2D eigenvalue weighted by Crippen LogP contribution is 2.21. The zero-order valence-corrected chi connectivity index (χ0v) is 14.7. The summed E-state index contributed by atoms with van der Waals surface area (Å²) in [7, 11) is 0. The number of hydrogen-bond donors (Lipinski definition) is 1. The third-order valence-corrected chi connectivity index (χ3v) is 4.45. The van der Waals surface area contributed by atoms with Crippen LogP contribution in [-0.2, 0) is 16.1 Å². The van der Waals surface area contributed by atoms with Crippen molar-refractivity contribution in [3.05, 3.63) is 47.8 Å². The first-order chi connectivity index (χ1) is 12.0. The zero-order chi connectivity index (χ0) is 17.8. The first kappa shape index (κ1) is 17.2. The smallest absolute Gasteiger partial charge is 0.249 e. The molecule has 25 heavy (non-hydrogen) atoms. The van der Waals surface area contributed by atoms with Gasteiger partial charge in [-0.25, -0.2) is 0 Å². The summed E-state index contributed by atoms with van der Waals surface area (Å²) in [6.07, 6.45) is 5.55. The maximum Gasteiger partial charge on any atom is 0.249 e. The van der Waals surface area contributed by atoms with Crippen molar-refractivity contribution >= 4 is 17.5 Å². The Morgan fingerprint density at radius 3 is 2.68 bits per heavy atom. The largest absolute Gasteiger partial charge is 0.344 e. The molecule has 1 N–H and O–H groups in total. The average molecular weight is 340 g/mol. The lowest BCUT2D eigenvalue weighted by Crippen LogP contribution is -2.52. The molecular weight excluding hydrogens is 316 g/mol. The molecule has 0 bridgehead atoms. The number of piperidine rings is 1. The van der Waals surface area contributed by atoms with Crippen LogP contribution in [0.25, 0.3) is 0 Å². The molecule has 0 saturated carbocycles. The van der Waals surface area contributed by atoms with Gasteiger partial charge in [0.1, 0.15) is 6.04 Å². The Bertz CT molecular complexity index is 751. The second-order valence-corrected chi connectivity index (χ2v) is 6.62. The van der Waals surface area contributed by atoms with Crippen LogP contribution in [0.5, 0.6) is 0 Å². The van der Waals surface area contributed by atoms with Gasteiger partial charge in [0.2, 0.25) is 11.8 Å². The fourth-order valence-corrected chi connectivity index (χ4v) is 3.06. The second kappa shape index (κ2) is 7.51. The van der Waals surface area contributed by atoms with Crippen molar-refractivity contribution in [2.75, 3.05) is 11.4 Å². The fourth-order valence-electron chi connectivity index (χ4n) is 3.06. The van der Waals surface area contributed by atoms with E-state index in [-0.39, 0.29) is 11.8 Å². The van der Waals surface area contributed by atoms with Gasteiger partial charge in [0, 0.05) is 31.4 Å². The lowest BCUT2D eigenvalue weighted by molar-refractivity contribution is -0.128. The van der Waals surface area contributed by atoms with E-state index in [9.17, 15) is 9.59 Å². The summed E-state index contributed by atoms with van der Waals surface area (Å²) in [5, 5.41) is 7.06. The number of aromatic nitrogens is 2. The van der Waals surface area contributed by atoms with Gasteiger partial charge >= 0.3 is 0 Å². The maximum atomic E-state index is 12.7. The number of anilines is 1. The van der Waals surface area contributed by atoms with Gasteiger partial charge in [0.05, 0.1) is 6.20 Å². The maximum absolute atomic E-state index is 12.7. The highest BCUT2D eigenvalue weighted by atomic mass is 16.2. The molecule has 1 aromatic carbocycles. The van der Waals surface area contributed by atoms with E-state index in [1.54, 1.807) is 15.8 Å². The molecule has 1 aromatic heterocycles. The first-order valence-corrected chi connectivity index (χ1v) is 8.69. The molecule has 1 saturated heterocycles. The van der Waals surface area contributed by atoms with Crippen molar-refractivity contribution in [1.29, 1.82) is 0 Å². The van der Waals surface area contributed by atoms with Gasteiger partial charge in [-0.15, -0.1) is 0 Å². The van der Waals surface area contributed by atoms with E-state index >= 15 is 0 Å². The summed E-state index contributed by atoms with van der Waals surface area (Å²) in [6, 6.07) is 7.46. The minimum atomic E-state index is -0.443. The van der Waals surface area contributed by atoms with E-state index in [4.69, 9.17) is 0 Å². The van der Waals surface area contributed by atoms with Crippen molar-refractivity contribution in [2.24, 2.45) is 0 Å². The van der Waals surface area contributed by atoms with Crippen molar-refractivity contribution in [1.82, 2.24) is 15.1 Å². The number of amides is 2. The highest BCUT2D eigenvalue weighted by molar-refractivity contribution is 5.99. The van der Waals surface area contributed by atoms with Crippen LogP contribution in [0.3, 0.4) is 0 Å². The number of hydrogen-bond acceptors (Lipinski definition) is 3. The van der Waals surface area contributed by atoms with Gasteiger partial charge in [-0.05, 0) is 44.4 Å². The monoisotopic (exact) mass is 340 g/mol. The van der Waals surface area contributed by atoms with Crippen molar-refractivity contribution in [2.45, 2.75) is 45.7 Å². The molecule has 2 amide bonds. The summed E-state index contributed by atoms with van der Waals surface area (Å²) < 4.78 is 1.75. The van der Waals surface area contributed by atoms with E-state index in [1.165, 1.54) is 0 Å². The molecule has 1 aliphatic heterocycles. The van der Waals surface area contributed by atoms with Crippen LogP contribution >= 0.6 is 0 Å². The fraction of sp³-hybridized carbons (Fsp3) is 0.421. The second-order valence-electron chi connectivity index (χ2n) is 6.62. The molecule has 2 aromatic rings. The molecule has 3 rings (SSSR count). The Balaban J connectivity index is 1.57. The van der Waals surface area contributed by atoms with Crippen molar-refractivity contribution in [3.63, 3.8) is 0 Å². The Hall–Kier alpha value is -2.63. The predicted molar refractivity (Wildman–Crippen MR) is 96.3 cm³/mol. The molecule has 0 spiro atoms. The number of carbonyl (C=O) groups is 2. The first-order valence-electron chi connectivity index (χ1n) is 8.69. The number of nitrogens with zero attached hydrogens (tertiary/aromatic N) is 3. The number of aryl methyl sites for hydroxylation is 3. The van der Waals surface area contributed by atoms with Gasteiger partial charge in [-0.2, -0.15) is 5.10 Å². The van der Waals surface area contributed by atoms with Crippen LogP contribution in [-0.4, -0.2) is 34.2 Å². The van der Waals surface area contributed by atoms with E-state index in [2.05, 4.69) is 10.4 Å². The number of carbonyl (C=O) groups excluding carboxylic acids is 2. The van der Waals surface area contributed by atoms with E-state index in [0.717, 1.165) is 23.2 Å². The zero-order valence-electron chi connectivity index (χ0n) is 14.7. The summed E-state index contributed by atoms with van der Waals surface area (Å²) in [5.74, 6) is -0.143. The summed E-state index contributed by atoms with van der Waals surface area (Å²) in [5.41, 5.74) is 3.12. The van der Waals surface area contributed by atoms with Crippen molar-refractivity contribution < 1.29 is 9.59 Å². The molecule has 1 aliphatic rings. The molecule has 1 atom stereocenters. The third-order valence-electron chi connectivity index (χ3n) is 4.45. The minimum absolute atomic E-state index is 0.0293. The molecule has 1 fully saturated rings. The molecule has 1 unspecified atom stereocenters. The van der Waals surface area contributed by atoms with Crippen LogP contribution in [0.1, 0.15) is 30.4 Å². The van der Waals surface area contributed by atoms with Crippen LogP contribution < -0.4 is 10.2 Å². The van der Waals surface area contributed by atoms with E-state index < -0.39 is 6.04 Å². The van der Waals surface area contributed by atoms with E-state index in [0.29, 0.717) is 25.9 Å². The van der Waals surface area contributed by atoms with Crippen LogP contribution in [0.15, 0.2) is 36.7 Å². The average Bonchev–Trinajstić information content (AvgIpc) is 3.01. The van der Waals surface area contributed by atoms with Gasteiger partial charge < -0.3 is 10.2 Å². The topological polar surface area (TPSA) is 67.2 Å². The number of rotatable bonds is 5. The standard InChI is InChI=1S/C19H24N4O2/c1-14-5-7-16(8-6-14)23-10-3-4-17(19(23)25)21-18(24)9-11-22-13-15(2)12-20-22/h5-8,12-13,17H,3-4,9-11H2,1-2H3,(H,21,24). The SMILES string of the molecule is Cc1ccc(N2CCCC(NC(=O)CCn3cc(C)cn3)C2=O)cc1. The third kappa shape index (κ3) is 4.26. The van der Waals surface area contributed by atoms with E-state index in [1.807, 2.05) is 44.3 Å². The van der Waals surface area contributed by atoms with Crippen LogP contribution in [0.4, 0.5) is 5.69 Å². The highest BCUT2D eigenvalue weighted by Gasteiger charge is 2.30. The number of benzene rings is 1. The lowest BCUT2D eigenvalue weighted by atomic mass is 10.0. The van der Waals surface area contributed by atoms with Crippen molar-refractivity contribution in [3.8, 4) is 0 Å². The molecule has 6 nitrogen and oxygen atoms in total. The minimum Gasteiger partial charge on any atom is -0.344 e. The predicted octanol–water partition coefficient (Wildman–Crippen LogP) is 2.20. The van der Waals surface area contributed by atoms with Crippen LogP contribution in [0.2, 0.25) is 0 Å².